The van der Waals surface area contributed by atoms with Gasteiger partial charge in [0.05, 0.1) is 0 Å². The molecule has 0 aliphatic carbocycles. The normalized spacial score (nSPS) is 12.0. The van der Waals surface area contributed by atoms with Crippen molar-refractivity contribution in [3.63, 3.8) is 0 Å². The number of unbranched alkanes of at least 4 members (excludes halogenated alkanes) is 1. The van der Waals surface area contributed by atoms with E-state index in [2.05, 4.69) is 10.1 Å². The van der Waals surface area contributed by atoms with Crippen LogP contribution in [-0.2, 0) is 19.8 Å². The SMILES string of the molecule is CO[Si](CCCCn1ncnc1C)(OC)OC. The molecule has 0 aromatic carbocycles. The van der Waals surface area contributed by atoms with Crippen molar-refractivity contribution in [1.82, 2.24) is 14.8 Å². The fourth-order valence-electron chi connectivity index (χ4n) is 1.70. The largest absolute Gasteiger partial charge is 0.500 e. The number of aryl methyl sites for hydroxylation is 2. The fourth-order valence-corrected chi connectivity index (χ4v) is 3.50. The summed E-state index contributed by atoms with van der Waals surface area (Å²) in [5.74, 6) is 0.943. The number of hydrogen-bond donors (Lipinski definition) is 0. The molecule has 17 heavy (non-hydrogen) atoms. The molecule has 98 valence electrons. The Morgan fingerprint density at radius 3 is 2.29 bits per heavy atom. The van der Waals surface area contributed by atoms with E-state index in [0.717, 1.165) is 31.3 Å². The van der Waals surface area contributed by atoms with Gasteiger partial charge in [-0.1, -0.05) is 0 Å². The molecule has 0 bridgehead atoms. The van der Waals surface area contributed by atoms with Crippen molar-refractivity contribution in [2.24, 2.45) is 0 Å². The Morgan fingerprint density at radius 1 is 1.18 bits per heavy atom. The van der Waals surface area contributed by atoms with Crippen molar-refractivity contribution in [2.75, 3.05) is 21.3 Å². The van der Waals surface area contributed by atoms with Gasteiger partial charge in [-0.2, -0.15) is 5.10 Å². The molecule has 0 aliphatic heterocycles. The molecule has 6 nitrogen and oxygen atoms in total. The van der Waals surface area contributed by atoms with Gasteiger partial charge in [-0.25, -0.2) is 4.98 Å². The van der Waals surface area contributed by atoms with Gasteiger partial charge in [0, 0.05) is 33.9 Å². The highest BCUT2D eigenvalue weighted by Gasteiger charge is 2.36. The summed E-state index contributed by atoms with van der Waals surface area (Å²) in [4.78, 5) is 4.08. The molecule has 7 heteroatoms. The Morgan fingerprint density at radius 2 is 1.82 bits per heavy atom. The number of hydrogen-bond acceptors (Lipinski definition) is 5. The van der Waals surface area contributed by atoms with E-state index in [1.165, 1.54) is 0 Å². The van der Waals surface area contributed by atoms with Gasteiger partial charge in [0.25, 0.3) is 0 Å². The number of nitrogens with zero attached hydrogens (tertiary/aromatic N) is 3. The van der Waals surface area contributed by atoms with Gasteiger partial charge in [-0.15, -0.1) is 0 Å². The summed E-state index contributed by atoms with van der Waals surface area (Å²) in [6.07, 6.45) is 3.57. The van der Waals surface area contributed by atoms with Crippen LogP contribution in [0.1, 0.15) is 18.7 Å². The highest BCUT2D eigenvalue weighted by molar-refractivity contribution is 6.60. The van der Waals surface area contributed by atoms with Gasteiger partial charge in [-0.05, 0) is 19.8 Å². The standard InChI is InChI=1S/C10H21N3O3Si/c1-10-11-9-12-13(10)7-5-6-8-17(14-2,15-3)16-4/h9H,5-8H2,1-4H3. The van der Waals surface area contributed by atoms with Crippen LogP contribution in [0.4, 0.5) is 0 Å². The summed E-state index contributed by atoms with van der Waals surface area (Å²) in [6.45, 7) is 2.82. The first-order chi connectivity index (χ1) is 8.17. The summed E-state index contributed by atoms with van der Waals surface area (Å²) in [6, 6.07) is 0.824. The predicted molar refractivity (Wildman–Crippen MR) is 65.6 cm³/mol. The second-order valence-corrected chi connectivity index (χ2v) is 6.87. The van der Waals surface area contributed by atoms with Crippen LogP contribution in [0, 0.1) is 6.92 Å². The van der Waals surface area contributed by atoms with Crippen molar-refractivity contribution in [3.8, 4) is 0 Å². The zero-order valence-corrected chi connectivity index (χ0v) is 12.0. The molecule has 0 aliphatic rings. The maximum absolute atomic E-state index is 5.36. The molecule has 0 unspecified atom stereocenters. The van der Waals surface area contributed by atoms with Crippen LogP contribution in [0.2, 0.25) is 6.04 Å². The molecular formula is C10H21N3O3Si. The van der Waals surface area contributed by atoms with Crippen LogP contribution < -0.4 is 0 Å². The van der Waals surface area contributed by atoms with Crippen molar-refractivity contribution < 1.29 is 13.3 Å². The minimum absolute atomic E-state index is 0.824. The quantitative estimate of drug-likeness (QED) is 0.519. The van der Waals surface area contributed by atoms with Crippen molar-refractivity contribution in [1.29, 1.82) is 0 Å². The van der Waals surface area contributed by atoms with Gasteiger partial charge < -0.3 is 13.3 Å². The maximum atomic E-state index is 5.36. The van der Waals surface area contributed by atoms with Crippen LogP contribution in [0.5, 0.6) is 0 Å². The van der Waals surface area contributed by atoms with Crippen LogP contribution in [-0.4, -0.2) is 44.9 Å². The average molecular weight is 259 g/mol. The van der Waals surface area contributed by atoms with E-state index in [1.54, 1.807) is 27.7 Å². The Balaban J connectivity index is 2.30. The van der Waals surface area contributed by atoms with E-state index in [1.807, 2.05) is 11.6 Å². The summed E-state index contributed by atoms with van der Waals surface area (Å²) in [5, 5.41) is 4.13. The molecule has 0 saturated carbocycles. The predicted octanol–water partition coefficient (Wildman–Crippen LogP) is 1.24. The van der Waals surface area contributed by atoms with E-state index >= 15 is 0 Å². The Kier molecular flexibility index (Phi) is 5.76. The lowest BCUT2D eigenvalue weighted by atomic mass is 10.3. The molecule has 0 radical (unpaired) electrons. The second kappa shape index (κ2) is 6.85. The van der Waals surface area contributed by atoms with Crippen LogP contribution in [0.15, 0.2) is 6.33 Å². The average Bonchev–Trinajstić information content (AvgIpc) is 2.76. The monoisotopic (exact) mass is 259 g/mol. The molecule has 0 spiro atoms. The smallest absolute Gasteiger partial charge is 0.377 e. The van der Waals surface area contributed by atoms with Gasteiger partial charge in [0.2, 0.25) is 0 Å². The minimum Gasteiger partial charge on any atom is -0.377 e. The van der Waals surface area contributed by atoms with Crippen LogP contribution in [0.3, 0.4) is 0 Å². The molecule has 0 saturated heterocycles. The van der Waals surface area contributed by atoms with Crippen molar-refractivity contribution >= 4 is 8.80 Å². The molecule has 0 N–H and O–H groups in total. The number of rotatable bonds is 8. The Labute approximate surface area is 103 Å². The third-order valence-electron chi connectivity index (χ3n) is 2.85. The lowest BCUT2D eigenvalue weighted by Crippen LogP contribution is -2.42. The highest BCUT2D eigenvalue weighted by Crippen LogP contribution is 2.16. The van der Waals surface area contributed by atoms with Gasteiger partial charge in [0.15, 0.2) is 0 Å². The highest BCUT2D eigenvalue weighted by atomic mass is 28.4. The minimum atomic E-state index is -2.40. The molecule has 1 heterocycles. The number of aromatic nitrogens is 3. The van der Waals surface area contributed by atoms with E-state index in [4.69, 9.17) is 13.3 Å². The van der Waals surface area contributed by atoms with Crippen LogP contribution in [0.25, 0.3) is 0 Å². The van der Waals surface area contributed by atoms with E-state index in [0.29, 0.717) is 0 Å². The third kappa shape index (κ3) is 3.88. The summed E-state index contributed by atoms with van der Waals surface area (Å²) < 4.78 is 18.0. The molecule has 1 rings (SSSR count). The van der Waals surface area contributed by atoms with E-state index in [9.17, 15) is 0 Å². The zero-order chi connectivity index (χ0) is 12.7. The summed E-state index contributed by atoms with van der Waals surface area (Å²) in [7, 11) is 2.52. The zero-order valence-electron chi connectivity index (χ0n) is 11.0. The molecule has 0 amide bonds. The molecule has 0 fully saturated rings. The summed E-state index contributed by atoms with van der Waals surface area (Å²) in [5.41, 5.74) is 0. The van der Waals surface area contributed by atoms with Crippen molar-refractivity contribution in [2.45, 2.75) is 32.4 Å². The first kappa shape index (κ1) is 14.3. The third-order valence-corrected chi connectivity index (χ3v) is 5.68. The lowest BCUT2D eigenvalue weighted by Gasteiger charge is -2.24. The summed E-state index contributed by atoms with van der Waals surface area (Å²) >= 11 is 0. The van der Waals surface area contributed by atoms with Gasteiger partial charge >= 0.3 is 8.80 Å². The van der Waals surface area contributed by atoms with E-state index in [-0.39, 0.29) is 0 Å². The van der Waals surface area contributed by atoms with E-state index < -0.39 is 8.80 Å². The fraction of sp³-hybridized carbons (Fsp3) is 0.800. The molecule has 0 atom stereocenters. The molecule has 1 aromatic heterocycles. The Bertz CT molecular complexity index is 320. The van der Waals surface area contributed by atoms with Crippen LogP contribution >= 0.6 is 0 Å². The van der Waals surface area contributed by atoms with Crippen molar-refractivity contribution in [3.05, 3.63) is 12.2 Å². The topological polar surface area (TPSA) is 58.4 Å². The first-order valence-electron chi connectivity index (χ1n) is 5.67. The lowest BCUT2D eigenvalue weighted by molar-refractivity contribution is 0.122. The molecule has 1 aromatic rings. The second-order valence-electron chi connectivity index (χ2n) is 3.78. The first-order valence-corrected chi connectivity index (χ1v) is 7.60. The van der Waals surface area contributed by atoms with Gasteiger partial charge in [-0.3, -0.25) is 4.68 Å². The maximum Gasteiger partial charge on any atom is 0.500 e. The van der Waals surface area contributed by atoms with Gasteiger partial charge in [0.1, 0.15) is 12.2 Å². The Hall–Kier alpha value is -0.763. The molecular weight excluding hydrogens is 238 g/mol.